The van der Waals surface area contributed by atoms with Gasteiger partial charge in [0.1, 0.15) is 0 Å². The summed E-state index contributed by atoms with van der Waals surface area (Å²) in [6.45, 7) is 3.65. The number of aromatic nitrogens is 1. The molecule has 0 fully saturated rings. The molecule has 0 bridgehead atoms. The molecule has 3 N–H and O–H groups in total. The molecule has 0 aliphatic rings. The molecule has 0 aliphatic carbocycles. The number of rotatable bonds is 7. The zero-order valence-corrected chi connectivity index (χ0v) is 16.8. The molecule has 0 saturated carbocycles. The molecule has 0 unspecified atom stereocenters. The van der Waals surface area contributed by atoms with E-state index in [2.05, 4.69) is 10.3 Å². The fourth-order valence-electron chi connectivity index (χ4n) is 3.08. The van der Waals surface area contributed by atoms with Crippen molar-refractivity contribution < 1.29 is 5.11 Å². The number of aromatic amines is 1. The number of aliphatic hydroxyl groups is 1. The van der Waals surface area contributed by atoms with E-state index in [-0.39, 0.29) is 12.2 Å². The molecule has 1 aromatic heterocycles. The molecule has 0 radical (unpaired) electrons. The Bertz CT molecular complexity index is 1000. The lowest BCUT2D eigenvalue weighted by atomic mass is 10.1. The first kappa shape index (κ1) is 20.0. The van der Waals surface area contributed by atoms with Crippen molar-refractivity contribution in [1.82, 2.24) is 15.2 Å². The highest BCUT2D eigenvalue weighted by atomic mass is 32.1. The van der Waals surface area contributed by atoms with Gasteiger partial charge in [0.25, 0.3) is 5.56 Å². The van der Waals surface area contributed by atoms with E-state index in [0.717, 1.165) is 22.0 Å². The summed E-state index contributed by atoms with van der Waals surface area (Å²) in [7, 11) is 0. The Morgan fingerprint density at radius 2 is 1.96 bits per heavy atom. The summed E-state index contributed by atoms with van der Waals surface area (Å²) in [6.07, 6.45) is 0.581. The lowest BCUT2D eigenvalue weighted by Crippen LogP contribution is -2.40. The molecule has 3 rings (SSSR count). The van der Waals surface area contributed by atoms with E-state index in [0.29, 0.717) is 36.7 Å². The van der Waals surface area contributed by atoms with Crippen molar-refractivity contribution in [2.75, 3.05) is 13.2 Å². The van der Waals surface area contributed by atoms with Crippen LogP contribution < -0.4 is 10.9 Å². The first-order chi connectivity index (χ1) is 13.6. The van der Waals surface area contributed by atoms with Crippen molar-refractivity contribution in [3.8, 4) is 0 Å². The maximum Gasteiger partial charge on any atom is 0.253 e. The van der Waals surface area contributed by atoms with E-state index in [1.807, 2.05) is 66.4 Å². The Hall–Kier alpha value is -2.70. The summed E-state index contributed by atoms with van der Waals surface area (Å²) in [6, 6.07) is 17.9. The number of aryl methyl sites for hydroxylation is 1. The highest BCUT2D eigenvalue weighted by molar-refractivity contribution is 7.80. The van der Waals surface area contributed by atoms with E-state index >= 15 is 0 Å². The first-order valence-corrected chi connectivity index (χ1v) is 9.78. The van der Waals surface area contributed by atoms with Gasteiger partial charge in [-0.25, -0.2) is 0 Å². The summed E-state index contributed by atoms with van der Waals surface area (Å²) >= 11 is 5.56. The van der Waals surface area contributed by atoms with Crippen molar-refractivity contribution in [2.24, 2.45) is 0 Å². The third-order valence-electron chi connectivity index (χ3n) is 4.60. The number of nitrogens with zero attached hydrogens (tertiary/aromatic N) is 1. The van der Waals surface area contributed by atoms with Crippen LogP contribution in [0.1, 0.15) is 23.1 Å². The number of nitrogens with one attached hydrogen (secondary N) is 2. The molecule has 1 heterocycles. The number of hydrogen-bond donors (Lipinski definition) is 3. The normalized spacial score (nSPS) is 10.8. The van der Waals surface area contributed by atoms with Crippen molar-refractivity contribution in [3.05, 3.63) is 81.6 Å². The number of hydrogen-bond acceptors (Lipinski definition) is 3. The number of fused-ring (bicyclic) bond motifs is 1. The number of aliphatic hydroxyl groups excluding tert-OH is 1. The van der Waals surface area contributed by atoms with Crippen LogP contribution in [0.4, 0.5) is 0 Å². The summed E-state index contributed by atoms with van der Waals surface area (Å²) < 4.78 is 0. The van der Waals surface area contributed by atoms with Crippen LogP contribution in [0, 0.1) is 6.92 Å². The highest BCUT2D eigenvalue weighted by Crippen LogP contribution is 2.14. The van der Waals surface area contributed by atoms with Crippen molar-refractivity contribution in [1.29, 1.82) is 0 Å². The predicted octanol–water partition coefficient (Wildman–Crippen LogP) is 3.10. The van der Waals surface area contributed by atoms with Crippen LogP contribution in [-0.4, -0.2) is 33.3 Å². The van der Waals surface area contributed by atoms with Gasteiger partial charge in [-0.2, -0.15) is 0 Å². The van der Waals surface area contributed by atoms with E-state index in [1.54, 1.807) is 0 Å². The molecule has 0 aliphatic heterocycles. The Balaban J connectivity index is 1.77. The quantitative estimate of drug-likeness (QED) is 0.537. The van der Waals surface area contributed by atoms with Gasteiger partial charge < -0.3 is 20.3 Å². The predicted molar refractivity (Wildman–Crippen MR) is 117 cm³/mol. The Morgan fingerprint density at radius 3 is 2.71 bits per heavy atom. The van der Waals surface area contributed by atoms with Crippen LogP contribution in [0.5, 0.6) is 0 Å². The SMILES string of the molecule is Cc1ccc2cc(CN(CCCO)C(=S)NCc3ccccc3)c(=O)[nH]c2c1. The Morgan fingerprint density at radius 1 is 1.18 bits per heavy atom. The van der Waals surface area contributed by atoms with E-state index < -0.39 is 0 Å². The summed E-state index contributed by atoms with van der Waals surface area (Å²) in [5.41, 5.74) is 3.61. The number of H-pyrrole nitrogens is 1. The largest absolute Gasteiger partial charge is 0.396 e. The molecule has 2 aromatic carbocycles. The van der Waals surface area contributed by atoms with Crippen LogP contribution in [0.15, 0.2) is 59.4 Å². The zero-order valence-electron chi connectivity index (χ0n) is 15.9. The van der Waals surface area contributed by atoms with Crippen molar-refractivity contribution >= 4 is 28.2 Å². The molecule has 3 aromatic rings. The fraction of sp³-hybridized carbons (Fsp3) is 0.273. The number of pyridine rings is 1. The third kappa shape index (κ3) is 5.18. The van der Waals surface area contributed by atoms with Crippen LogP contribution in [0.3, 0.4) is 0 Å². The minimum atomic E-state index is -0.113. The van der Waals surface area contributed by atoms with Gasteiger partial charge in [0.15, 0.2) is 5.11 Å². The van der Waals surface area contributed by atoms with Crippen LogP contribution >= 0.6 is 12.2 Å². The minimum Gasteiger partial charge on any atom is -0.396 e. The fourth-order valence-corrected chi connectivity index (χ4v) is 3.31. The van der Waals surface area contributed by atoms with Gasteiger partial charge in [-0.05, 0) is 54.2 Å². The standard InChI is InChI=1S/C22H25N3O2S/c1-16-8-9-18-13-19(21(27)24-20(18)12-16)15-25(10-5-11-26)22(28)23-14-17-6-3-2-4-7-17/h2-4,6-9,12-13,26H,5,10-11,14-15H2,1H3,(H,23,28)(H,24,27). The molecular formula is C22H25N3O2S. The maximum absolute atomic E-state index is 12.6. The van der Waals surface area contributed by atoms with Crippen LogP contribution in [0.25, 0.3) is 10.9 Å². The monoisotopic (exact) mass is 395 g/mol. The maximum atomic E-state index is 12.6. The topological polar surface area (TPSA) is 68.4 Å². The average molecular weight is 396 g/mol. The summed E-state index contributed by atoms with van der Waals surface area (Å²) in [4.78, 5) is 17.5. The molecule has 146 valence electrons. The van der Waals surface area contributed by atoms with Crippen molar-refractivity contribution in [2.45, 2.75) is 26.4 Å². The highest BCUT2D eigenvalue weighted by Gasteiger charge is 2.13. The van der Waals surface area contributed by atoms with Gasteiger partial charge in [0.2, 0.25) is 0 Å². The lowest BCUT2D eigenvalue weighted by molar-refractivity contribution is 0.264. The smallest absolute Gasteiger partial charge is 0.253 e. The van der Waals surface area contributed by atoms with Gasteiger partial charge in [-0.3, -0.25) is 4.79 Å². The first-order valence-electron chi connectivity index (χ1n) is 9.37. The summed E-state index contributed by atoms with van der Waals surface area (Å²) in [5, 5.41) is 14.1. The third-order valence-corrected chi connectivity index (χ3v) is 5.00. The van der Waals surface area contributed by atoms with Gasteiger partial charge in [-0.15, -0.1) is 0 Å². The second-order valence-electron chi connectivity index (χ2n) is 6.86. The Labute approximate surface area is 170 Å². The van der Waals surface area contributed by atoms with Crippen LogP contribution in [-0.2, 0) is 13.1 Å². The van der Waals surface area contributed by atoms with Gasteiger partial charge in [0.05, 0.1) is 6.54 Å². The lowest BCUT2D eigenvalue weighted by Gasteiger charge is -2.25. The Kier molecular flexibility index (Phi) is 6.79. The summed E-state index contributed by atoms with van der Waals surface area (Å²) in [5.74, 6) is 0. The molecule has 5 nitrogen and oxygen atoms in total. The second kappa shape index (κ2) is 9.48. The second-order valence-corrected chi connectivity index (χ2v) is 7.24. The van der Waals surface area contributed by atoms with Gasteiger partial charge >= 0.3 is 0 Å². The van der Waals surface area contributed by atoms with Gasteiger partial charge in [0, 0.05) is 30.8 Å². The van der Waals surface area contributed by atoms with E-state index in [9.17, 15) is 9.90 Å². The number of thiocarbonyl (C=S) groups is 1. The molecule has 28 heavy (non-hydrogen) atoms. The van der Waals surface area contributed by atoms with Crippen LogP contribution in [0.2, 0.25) is 0 Å². The van der Waals surface area contributed by atoms with E-state index in [4.69, 9.17) is 12.2 Å². The average Bonchev–Trinajstić information content (AvgIpc) is 2.70. The zero-order chi connectivity index (χ0) is 19.9. The molecule has 0 spiro atoms. The molecule has 6 heteroatoms. The minimum absolute atomic E-state index is 0.0746. The molecule has 0 atom stereocenters. The van der Waals surface area contributed by atoms with Gasteiger partial charge in [-0.1, -0.05) is 42.5 Å². The molecular weight excluding hydrogens is 370 g/mol. The van der Waals surface area contributed by atoms with Crippen molar-refractivity contribution in [3.63, 3.8) is 0 Å². The van der Waals surface area contributed by atoms with E-state index in [1.165, 1.54) is 0 Å². The molecule has 0 amide bonds. The number of benzene rings is 2. The molecule has 0 saturated heterocycles.